The Morgan fingerprint density at radius 3 is 2.33 bits per heavy atom. The first-order valence-electron chi connectivity index (χ1n) is 6.10. The van der Waals surface area contributed by atoms with Crippen molar-refractivity contribution in [2.24, 2.45) is 0 Å². The van der Waals surface area contributed by atoms with Crippen molar-refractivity contribution in [3.8, 4) is 0 Å². The maximum atomic E-state index is 13.7. The summed E-state index contributed by atoms with van der Waals surface area (Å²) in [6.45, 7) is 1.35. The molecule has 2 aromatic rings. The summed E-state index contributed by atoms with van der Waals surface area (Å²) in [5.74, 6) is -1.25. The van der Waals surface area contributed by atoms with Crippen molar-refractivity contribution in [2.75, 3.05) is 10.6 Å². The highest BCUT2D eigenvalue weighted by Gasteiger charge is 2.10. The van der Waals surface area contributed by atoms with E-state index in [2.05, 4.69) is 33.2 Å². The van der Waals surface area contributed by atoms with Gasteiger partial charge in [0.25, 0.3) is 5.91 Å². The van der Waals surface area contributed by atoms with E-state index in [-0.39, 0.29) is 11.6 Å². The number of hydrogen-bond donors (Lipinski definition) is 2. The Labute approximate surface area is 134 Å². The normalized spacial score (nSPS) is 10.0. The van der Waals surface area contributed by atoms with Crippen LogP contribution >= 0.6 is 22.6 Å². The van der Waals surface area contributed by atoms with Crippen LogP contribution in [0.25, 0.3) is 0 Å². The maximum absolute atomic E-state index is 13.7. The number of halogens is 2. The van der Waals surface area contributed by atoms with Gasteiger partial charge in [0.15, 0.2) is 0 Å². The first-order valence-corrected chi connectivity index (χ1v) is 7.17. The highest BCUT2D eigenvalue weighted by molar-refractivity contribution is 14.1. The van der Waals surface area contributed by atoms with Crippen LogP contribution in [0, 0.1) is 9.39 Å². The van der Waals surface area contributed by atoms with Crippen LogP contribution in [0.2, 0.25) is 0 Å². The predicted molar refractivity (Wildman–Crippen MR) is 87.8 cm³/mol. The minimum absolute atomic E-state index is 0.0183. The van der Waals surface area contributed by atoms with E-state index < -0.39 is 11.7 Å². The van der Waals surface area contributed by atoms with Gasteiger partial charge in [0.2, 0.25) is 5.91 Å². The van der Waals surface area contributed by atoms with Crippen LogP contribution in [0.15, 0.2) is 42.5 Å². The van der Waals surface area contributed by atoms with Crippen molar-refractivity contribution >= 4 is 45.8 Å². The van der Waals surface area contributed by atoms with Crippen molar-refractivity contribution in [3.63, 3.8) is 0 Å². The van der Waals surface area contributed by atoms with Gasteiger partial charge in [-0.1, -0.05) is 0 Å². The molecular formula is C15H12FIN2O2. The van der Waals surface area contributed by atoms with Crippen molar-refractivity contribution in [1.29, 1.82) is 0 Å². The number of hydrogen-bond acceptors (Lipinski definition) is 2. The molecule has 0 aromatic heterocycles. The van der Waals surface area contributed by atoms with Gasteiger partial charge in [-0.2, -0.15) is 0 Å². The predicted octanol–water partition coefficient (Wildman–Crippen LogP) is 3.64. The quantitative estimate of drug-likeness (QED) is 0.776. The fourth-order valence-corrected chi connectivity index (χ4v) is 2.06. The fourth-order valence-electron chi connectivity index (χ4n) is 1.70. The molecule has 2 N–H and O–H groups in total. The van der Waals surface area contributed by atoms with Gasteiger partial charge in [-0.05, 0) is 65.1 Å². The van der Waals surface area contributed by atoms with Gasteiger partial charge >= 0.3 is 0 Å². The molecular weight excluding hydrogens is 386 g/mol. The van der Waals surface area contributed by atoms with Gasteiger partial charge in [0.05, 0.1) is 5.69 Å². The first-order chi connectivity index (χ1) is 9.95. The Kier molecular flexibility index (Phi) is 4.89. The molecule has 0 aliphatic heterocycles. The topological polar surface area (TPSA) is 58.2 Å². The van der Waals surface area contributed by atoms with Gasteiger partial charge < -0.3 is 10.6 Å². The smallest absolute Gasteiger partial charge is 0.255 e. The summed E-state index contributed by atoms with van der Waals surface area (Å²) in [5.41, 5.74) is 0.867. The van der Waals surface area contributed by atoms with E-state index >= 15 is 0 Å². The number of nitrogens with one attached hydrogen (secondary N) is 2. The Bertz CT molecular complexity index is 687. The third-order valence-electron chi connectivity index (χ3n) is 2.64. The van der Waals surface area contributed by atoms with Crippen LogP contribution in [0.4, 0.5) is 15.8 Å². The van der Waals surface area contributed by atoms with E-state index in [4.69, 9.17) is 0 Å². The zero-order valence-corrected chi connectivity index (χ0v) is 13.3. The van der Waals surface area contributed by atoms with E-state index in [1.165, 1.54) is 25.1 Å². The molecule has 0 radical (unpaired) electrons. The number of benzene rings is 2. The number of anilines is 2. The third kappa shape index (κ3) is 4.25. The van der Waals surface area contributed by atoms with Crippen molar-refractivity contribution in [1.82, 2.24) is 0 Å². The molecule has 6 heteroatoms. The number of amides is 2. The summed E-state index contributed by atoms with van der Waals surface area (Å²) in [6, 6.07) is 10.9. The second kappa shape index (κ2) is 6.66. The Morgan fingerprint density at radius 2 is 1.71 bits per heavy atom. The lowest BCUT2D eigenvalue weighted by atomic mass is 10.2. The van der Waals surface area contributed by atoms with Crippen LogP contribution in [0.5, 0.6) is 0 Å². The molecule has 0 bridgehead atoms. The standard InChI is InChI=1S/C15H12FIN2O2/c1-9(20)18-12-6-7-13(16)14(8-12)19-15(21)10-2-4-11(17)5-3-10/h2-8H,1H3,(H,18,20)(H,19,21). The highest BCUT2D eigenvalue weighted by Crippen LogP contribution is 2.20. The molecule has 0 spiro atoms. The monoisotopic (exact) mass is 398 g/mol. The van der Waals surface area contributed by atoms with Crippen LogP contribution in [0.1, 0.15) is 17.3 Å². The van der Waals surface area contributed by atoms with Gasteiger partial charge in [-0.15, -0.1) is 0 Å². The lowest BCUT2D eigenvalue weighted by Crippen LogP contribution is -2.13. The molecule has 0 atom stereocenters. The van der Waals surface area contributed by atoms with Gasteiger partial charge in [0.1, 0.15) is 5.82 Å². The summed E-state index contributed by atoms with van der Waals surface area (Å²) in [6.07, 6.45) is 0. The van der Waals surface area contributed by atoms with E-state index in [1.807, 2.05) is 0 Å². The molecule has 0 fully saturated rings. The summed E-state index contributed by atoms with van der Waals surface area (Å²) in [5, 5.41) is 5.03. The molecule has 2 rings (SSSR count). The molecule has 4 nitrogen and oxygen atoms in total. The molecule has 0 aliphatic rings. The zero-order chi connectivity index (χ0) is 15.4. The first kappa shape index (κ1) is 15.4. The molecule has 2 aromatic carbocycles. The highest BCUT2D eigenvalue weighted by atomic mass is 127. The minimum atomic E-state index is -0.567. The lowest BCUT2D eigenvalue weighted by molar-refractivity contribution is -0.114. The summed E-state index contributed by atoms with van der Waals surface area (Å²) < 4.78 is 14.7. The Morgan fingerprint density at radius 1 is 1.05 bits per heavy atom. The molecule has 21 heavy (non-hydrogen) atoms. The molecule has 0 heterocycles. The second-order valence-electron chi connectivity index (χ2n) is 4.34. The minimum Gasteiger partial charge on any atom is -0.326 e. The average molecular weight is 398 g/mol. The lowest BCUT2D eigenvalue weighted by Gasteiger charge is -2.09. The number of carbonyl (C=O) groups is 2. The molecule has 0 aliphatic carbocycles. The van der Waals surface area contributed by atoms with Crippen LogP contribution < -0.4 is 10.6 Å². The summed E-state index contributed by atoms with van der Waals surface area (Å²) in [4.78, 5) is 23.0. The van der Waals surface area contributed by atoms with Crippen molar-refractivity contribution in [2.45, 2.75) is 6.92 Å². The van der Waals surface area contributed by atoms with Gasteiger partial charge in [-0.25, -0.2) is 4.39 Å². The van der Waals surface area contributed by atoms with Gasteiger partial charge in [-0.3, -0.25) is 9.59 Å². The molecule has 0 saturated carbocycles. The van der Waals surface area contributed by atoms with Gasteiger partial charge in [0, 0.05) is 21.7 Å². The SMILES string of the molecule is CC(=O)Nc1ccc(F)c(NC(=O)c2ccc(I)cc2)c1. The maximum Gasteiger partial charge on any atom is 0.255 e. The van der Waals surface area contributed by atoms with E-state index in [1.54, 1.807) is 24.3 Å². The third-order valence-corrected chi connectivity index (χ3v) is 3.36. The van der Waals surface area contributed by atoms with Crippen LogP contribution in [-0.4, -0.2) is 11.8 Å². The summed E-state index contributed by atoms with van der Waals surface area (Å²) >= 11 is 2.13. The van der Waals surface area contributed by atoms with Crippen LogP contribution in [0.3, 0.4) is 0 Å². The number of rotatable bonds is 3. The summed E-state index contributed by atoms with van der Waals surface area (Å²) in [7, 11) is 0. The zero-order valence-electron chi connectivity index (χ0n) is 11.1. The number of carbonyl (C=O) groups excluding carboxylic acids is 2. The molecule has 0 saturated heterocycles. The fraction of sp³-hybridized carbons (Fsp3) is 0.0667. The van der Waals surface area contributed by atoms with Crippen molar-refractivity contribution < 1.29 is 14.0 Å². The Balaban J connectivity index is 2.20. The Hall–Kier alpha value is -1.96. The van der Waals surface area contributed by atoms with E-state index in [0.29, 0.717) is 11.3 Å². The molecule has 108 valence electrons. The molecule has 0 unspecified atom stereocenters. The van der Waals surface area contributed by atoms with Crippen molar-refractivity contribution in [3.05, 3.63) is 57.4 Å². The van der Waals surface area contributed by atoms with Crippen LogP contribution in [-0.2, 0) is 4.79 Å². The average Bonchev–Trinajstić information content (AvgIpc) is 2.42. The second-order valence-corrected chi connectivity index (χ2v) is 5.58. The largest absolute Gasteiger partial charge is 0.326 e. The van der Waals surface area contributed by atoms with E-state index in [9.17, 15) is 14.0 Å². The van der Waals surface area contributed by atoms with E-state index in [0.717, 1.165) is 3.57 Å². The molecule has 2 amide bonds.